The van der Waals surface area contributed by atoms with Crippen molar-refractivity contribution >= 4 is 17.7 Å². The van der Waals surface area contributed by atoms with Crippen LogP contribution in [0.25, 0.3) is 6.08 Å². The number of rotatable bonds is 7. The van der Waals surface area contributed by atoms with E-state index in [1.165, 1.54) is 6.08 Å². The summed E-state index contributed by atoms with van der Waals surface area (Å²) in [7, 11) is 2.02. The Labute approximate surface area is 114 Å². The highest BCUT2D eigenvalue weighted by molar-refractivity contribution is 5.87. The van der Waals surface area contributed by atoms with Gasteiger partial charge in [0.05, 0.1) is 0 Å². The fourth-order valence-electron chi connectivity index (χ4n) is 1.91. The van der Waals surface area contributed by atoms with E-state index < -0.39 is 5.97 Å². The molecule has 0 fully saturated rings. The van der Waals surface area contributed by atoms with Gasteiger partial charge < -0.3 is 10.0 Å². The van der Waals surface area contributed by atoms with Crippen LogP contribution >= 0.6 is 0 Å². The topological polar surface area (TPSA) is 40.5 Å². The number of carboxylic acids is 1. The first-order valence-corrected chi connectivity index (χ1v) is 6.38. The standard InChI is InChI=1S/C16H21NO2/c1-4-5-6-11-17(3)15-9-7-13(2)12-14(15)8-10-16(18)19/h4,7-10,12H,1,5-6,11H2,2-3H3,(H,18,19)/b10-8+. The van der Waals surface area contributed by atoms with Crippen molar-refractivity contribution < 1.29 is 9.90 Å². The molecule has 0 atom stereocenters. The van der Waals surface area contributed by atoms with Crippen LogP contribution in [0.1, 0.15) is 24.0 Å². The van der Waals surface area contributed by atoms with Crippen LogP contribution in [0.4, 0.5) is 5.69 Å². The molecular weight excluding hydrogens is 238 g/mol. The van der Waals surface area contributed by atoms with Crippen LogP contribution in [0, 0.1) is 6.92 Å². The van der Waals surface area contributed by atoms with Gasteiger partial charge in [0.2, 0.25) is 0 Å². The first kappa shape index (κ1) is 15.0. The summed E-state index contributed by atoms with van der Waals surface area (Å²) >= 11 is 0. The molecule has 1 N–H and O–H groups in total. The molecule has 19 heavy (non-hydrogen) atoms. The molecule has 0 aliphatic heterocycles. The first-order valence-electron chi connectivity index (χ1n) is 6.38. The Morgan fingerprint density at radius 3 is 2.84 bits per heavy atom. The molecular formula is C16H21NO2. The molecule has 1 aromatic rings. The van der Waals surface area contributed by atoms with Gasteiger partial charge in [-0.2, -0.15) is 0 Å². The molecule has 0 saturated heterocycles. The maximum Gasteiger partial charge on any atom is 0.328 e. The SMILES string of the molecule is C=CCCCN(C)c1ccc(C)cc1/C=C/C(=O)O. The lowest BCUT2D eigenvalue weighted by Crippen LogP contribution is -2.19. The van der Waals surface area contributed by atoms with Gasteiger partial charge in [-0.15, -0.1) is 6.58 Å². The number of aliphatic carboxylic acids is 1. The van der Waals surface area contributed by atoms with Crippen molar-refractivity contribution in [1.82, 2.24) is 0 Å². The van der Waals surface area contributed by atoms with E-state index >= 15 is 0 Å². The maximum absolute atomic E-state index is 10.6. The third kappa shape index (κ3) is 5.00. The molecule has 1 rings (SSSR count). The summed E-state index contributed by atoms with van der Waals surface area (Å²) in [6.07, 6.45) is 6.76. The van der Waals surface area contributed by atoms with Gasteiger partial charge in [-0.05, 0) is 43.5 Å². The van der Waals surface area contributed by atoms with E-state index in [9.17, 15) is 4.79 Å². The lowest BCUT2D eigenvalue weighted by Gasteiger charge is -2.21. The molecule has 0 heterocycles. The summed E-state index contributed by atoms with van der Waals surface area (Å²) in [5.41, 5.74) is 3.10. The fourth-order valence-corrected chi connectivity index (χ4v) is 1.91. The van der Waals surface area contributed by atoms with Gasteiger partial charge in [0, 0.05) is 25.4 Å². The zero-order valence-electron chi connectivity index (χ0n) is 11.6. The van der Waals surface area contributed by atoms with Gasteiger partial charge in [-0.3, -0.25) is 0 Å². The second kappa shape index (κ2) is 7.41. The Morgan fingerprint density at radius 2 is 2.21 bits per heavy atom. The van der Waals surface area contributed by atoms with Gasteiger partial charge in [-0.1, -0.05) is 17.7 Å². The number of benzene rings is 1. The third-order valence-electron chi connectivity index (χ3n) is 2.90. The molecule has 0 amide bonds. The van der Waals surface area contributed by atoms with E-state index in [4.69, 9.17) is 5.11 Å². The highest BCUT2D eigenvalue weighted by Crippen LogP contribution is 2.22. The third-order valence-corrected chi connectivity index (χ3v) is 2.90. The highest BCUT2D eigenvalue weighted by Gasteiger charge is 2.05. The molecule has 102 valence electrons. The van der Waals surface area contributed by atoms with Crippen LogP contribution in [0.3, 0.4) is 0 Å². The average molecular weight is 259 g/mol. The Hall–Kier alpha value is -2.03. The smallest absolute Gasteiger partial charge is 0.328 e. The minimum atomic E-state index is -0.929. The maximum atomic E-state index is 10.6. The molecule has 0 aromatic heterocycles. The van der Waals surface area contributed by atoms with E-state index in [1.54, 1.807) is 6.08 Å². The Bertz CT molecular complexity index is 478. The summed E-state index contributed by atoms with van der Waals surface area (Å²) in [6.45, 7) is 6.63. The number of hydrogen-bond donors (Lipinski definition) is 1. The molecule has 0 aliphatic carbocycles. The molecule has 0 spiro atoms. The number of hydrogen-bond acceptors (Lipinski definition) is 2. The second-order valence-corrected chi connectivity index (χ2v) is 4.59. The number of carbonyl (C=O) groups is 1. The molecule has 3 nitrogen and oxygen atoms in total. The van der Waals surface area contributed by atoms with Gasteiger partial charge >= 0.3 is 5.97 Å². The molecule has 1 aromatic carbocycles. The Morgan fingerprint density at radius 1 is 1.47 bits per heavy atom. The van der Waals surface area contributed by atoms with E-state index in [0.717, 1.165) is 36.2 Å². The summed E-state index contributed by atoms with van der Waals surface area (Å²) in [4.78, 5) is 12.8. The normalized spacial score (nSPS) is 10.6. The van der Waals surface area contributed by atoms with Crippen LogP contribution in [0.5, 0.6) is 0 Å². The monoisotopic (exact) mass is 259 g/mol. The second-order valence-electron chi connectivity index (χ2n) is 4.59. The van der Waals surface area contributed by atoms with Crippen molar-refractivity contribution in [3.63, 3.8) is 0 Å². The lowest BCUT2D eigenvalue weighted by molar-refractivity contribution is -0.131. The highest BCUT2D eigenvalue weighted by atomic mass is 16.4. The van der Waals surface area contributed by atoms with Crippen LogP contribution in [-0.4, -0.2) is 24.7 Å². The van der Waals surface area contributed by atoms with Crippen molar-refractivity contribution in [1.29, 1.82) is 0 Å². The molecule has 0 bridgehead atoms. The van der Waals surface area contributed by atoms with Crippen molar-refractivity contribution in [2.75, 3.05) is 18.5 Å². The summed E-state index contributed by atoms with van der Waals surface area (Å²) in [5.74, 6) is -0.929. The van der Waals surface area contributed by atoms with E-state index in [0.29, 0.717) is 0 Å². The molecule has 0 saturated carbocycles. The predicted molar refractivity (Wildman–Crippen MR) is 80.5 cm³/mol. The number of unbranched alkanes of at least 4 members (excludes halogenated alkanes) is 1. The number of allylic oxidation sites excluding steroid dienone is 1. The van der Waals surface area contributed by atoms with Crippen molar-refractivity contribution in [2.45, 2.75) is 19.8 Å². The van der Waals surface area contributed by atoms with Gasteiger partial charge in [-0.25, -0.2) is 4.79 Å². The minimum Gasteiger partial charge on any atom is -0.478 e. The quantitative estimate of drug-likeness (QED) is 0.463. The number of nitrogens with zero attached hydrogens (tertiary/aromatic N) is 1. The van der Waals surface area contributed by atoms with E-state index in [-0.39, 0.29) is 0 Å². The first-order chi connectivity index (χ1) is 9.04. The van der Waals surface area contributed by atoms with Gasteiger partial charge in [0.1, 0.15) is 0 Å². The Kier molecular flexibility index (Phi) is 5.86. The van der Waals surface area contributed by atoms with Crippen molar-refractivity contribution in [3.05, 3.63) is 48.1 Å². The molecule has 0 aliphatic rings. The van der Waals surface area contributed by atoms with Crippen LogP contribution in [0.15, 0.2) is 36.9 Å². The largest absolute Gasteiger partial charge is 0.478 e. The van der Waals surface area contributed by atoms with E-state index in [2.05, 4.69) is 11.5 Å². The Balaban J connectivity index is 2.92. The summed E-state index contributed by atoms with van der Waals surface area (Å²) in [5, 5.41) is 8.74. The number of carboxylic acid groups (broad SMARTS) is 1. The zero-order chi connectivity index (χ0) is 14.3. The fraction of sp³-hybridized carbons (Fsp3) is 0.312. The van der Waals surface area contributed by atoms with Crippen molar-refractivity contribution in [3.8, 4) is 0 Å². The van der Waals surface area contributed by atoms with Crippen molar-refractivity contribution in [2.24, 2.45) is 0 Å². The molecule has 0 unspecified atom stereocenters. The van der Waals surface area contributed by atoms with Crippen LogP contribution in [0.2, 0.25) is 0 Å². The van der Waals surface area contributed by atoms with Crippen LogP contribution < -0.4 is 4.90 Å². The molecule has 3 heteroatoms. The average Bonchev–Trinajstić information content (AvgIpc) is 2.36. The summed E-state index contributed by atoms with van der Waals surface area (Å²) in [6, 6.07) is 6.07. The number of aryl methyl sites for hydroxylation is 1. The predicted octanol–water partition coefficient (Wildman–Crippen LogP) is 3.50. The zero-order valence-corrected chi connectivity index (χ0v) is 11.6. The summed E-state index contributed by atoms with van der Waals surface area (Å²) < 4.78 is 0. The minimum absolute atomic E-state index is 0.920. The van der Waals surface area contributed by atoms with E-state index in [1.807, 2.05) is 38.2 Å². The number of anilines is 1. The lowest BCUT2D eigenvalue weighted by atomic mass is 10.1. The van der Waals surface area contributed by atoms with Crippen LogP contribution in [-0.2, 0) is 4.79 Å². The van der Waals surface area contributed by atoms with Gasteiger partial charge in [0.15, 0.2) is 0 Å². The van der Waals surface area contributed by atoms with Gasteiger partial charge in [0.25, 0.3) is 0 Å². The molecule has 0 radical (unpaired) electrons.